The third-order valence-corrected chi connectivity index (χ3v) is 6.73. The van der Waals surface area contributed by atoms with E-state index in [0.29, 0.717) is 18.7 Å². The number of ether oxygens (including phenoxy) is 2. The predicted molar refractivity (Wildman–Crippen MR) is 131 cm³/mol. The molecule has 3 aromatic rings. The number of hydrogen-bond acceptors (Lipinski definition) is 6. The summed E-state index contributed by atoms with van der Waals surface area (Å²) in [4.78, 5) is 16.4. The van der Waals surface area contributed by atoms with Gasteiger partial charge in [-0.1, -0.05) is 48.2 Å². The number of carbonyl (C=O) groups excluding carboxylic acids is 1. The largest absolute Gasteiger partial charge is 0.392 e. The lowest BCUT2D eigenvalue weighted by Crippen LogP contribution is -2.31. The van der Waals surface area contributed by atoms with Gasteiger partial charge in [-0.2, -0.15) is 0 Å². The first kappa shape index (κ1) is 24.3. The Morgan fingerprint density at radius 2 is 2.03 bits per heavy atom. The van der Waals surface area contributed by atoms with Gasteiger partial charge >= 0.3 is 6.03 Å². The fourth-order valence-electron chi connectivity index (χ4n) is 3.78. The van der Waals surface area contributed by atoms with Crippen LogP contribution in [0.25, 0.3) is 0 Å². The summed E-state index contributed by atoms with van der Waals surface area (Å²) in [6, 6.07) is 15.1. The van der Waals surface area contributed by atoms with E-state index in [9.17, 15) is 9.90 Å². The summed E-state index contributed by atoms with van der Waals surface area (Å²) in [7, 11) is 1.97. The molecule has 3 atom stereocenters. The molecule has 1 aliphatic heterocycles. The molecule has 1 aliphatic rings. The van der Waals surface area contributed by atoms with Gasteiger partial charge in [0.25, 0.3) is 0 Å². The summed E-state index contributed by atoms with van der Waals surface area (Å²) in [6.45, 7) is 2.42. The van der Waals surface area contributed by atoms with Gasteiger partial charge < -0.3 is 29.8 Å². The molecule has 2 amide bonds. The number of aliphatic hydroxyl groups excluding tert-OH is 1. The number of rotatable bonds is 8. The lowest BCUT2D eigenvalue weighted by Gasteiger charge is -2.36. The van der Waals surface area contributed by atoms with E-state index in [4.69, 9.17) is 9.47 Å². The fraction of sp³-hybridized carbons (Fsp3) is 0.360. The van der Waals surface area contributed by atoms with Gasteiger partial charge in [-0.25, -0.2) is 9.78 Å². The number of imidazole rings is 1. The summed E-state index contributed by atoms with van der Waals surface area (Å²) in [6.07, 6.45) is 3.59. The van der Waals surface area contributed by atoms with Gasteiger partial charge in [0.2, 0.25) is 0 Å². The monoisotopic (exact) mass is 482 g/mol. The van der Waals surface area contributed by atoms with Gasteiger partial charge in [0, 0.05) is 49.4 Å². The molecule has 1 aromatic heterocycles. The molecule has 0 spiro atoms. The van der Waals surface area contributed by atoms with E-state index >= 15 is 0 Å². The first-order valence-corrected chi connectivity index (χ1v) is 12.3. The predicted octanol–water partition coefficient (Wildman–Crippen LogP) is 4.39. The van der Waals surface area contributed by atoms with Crippen molar-refractivity contribution in [1.82, 2.24) is 14.9 Å². The number of anilines is 1. The molecule has 0 aliphatic carbocycles. The molecular weight excluding hydrogens is 452 g/mol. The van der Waals surface area contributed by atoms with E-state index in [1.807, 2.05) is 73.3 Å². The maximum atomic E-state index is 12.0. The number of hydrogen-bond donors (Lipinski definition) is 3. The van der Waals surface area contributed by atoms with Crippen molar-refractivity contribution in [1.29, 1.82) is 0 Å². The summed E-state index contributed by atoms with van der Waals surface area (Å²) in [5, 5.41) is 15.9. The SMILES string of the molecule is CCNC(=O)Nc1cccc([C@H]2O[C@@H](CSc3nccn3C)C[C@@H](c3ccc(CO)cc3)O2)c1. The van der Waals surface area contributed by atoms with Crippen LogP contribution >= 0.6 is 11.8 Å². The second-order valence-corrected chi connectivity index (χ2v) is 9.08. The van der Waals surface area contributed by atoms with Crippen LogP contribution < -0.4 is 10.6 Å². The van der Waals surface area contributed by atoms with Crippen molar-refractivity contribution in [3.63, 3.8) is 0 Å². The Balaban J connectivity index is 1.53. The minimum atomic E-state index is -0.584. The number of benzene rings is 2. The Bertz CT molecular complexity index is 1090. The van der Waals surface area contributed by atoms with Crippen molar-refractivity contribution in [3.8, 4) is 0 Å². The van der Waals surface area contributed by atoms with Gasteiger partial charge in [0.15, 0.2) is 11.4 Å². The van der Waals surface area contributed by atoms with Crippen molar-refractivity contribution in [3.05, 3.63) is 77.6 Å². The zero-order valence-corrected chi connectivity index (χ0v) is 20.1. The van der Waals surface area contributed by atoms with Crippen LogP contribution in [0, 0.1) is 0 Å². The van der Waals surface area contributed by atoms with Crippen LogP contribution in [0.1, 0.15) is 42.4 Å². The Hall–Kier alpha value is -2.85. The molecule has 2 heterocycles. The minimum absolute atomic E-state index is 0.00582. The minimum Gasteiger partial charge on any atom is -0.392 e. The van der Waals surface area contributed by atoms with Crippen molar-refractivity contribution < 1.29 is 19.4 Å². The van der Waals surface area contributed by atoms with Crippen LogP contribution in [-0.2, 0) is 23.1 Å². The quantitative estimate of drug-likeness (QED) is 0.412. The Morgan fingerprint density at radius 1 is 1.21 bits per heavy atom. The maximum Gasteiger partial charge on any atom is 0.319 e. The molecule has 0 radical (unpaired) electrons. The summed E-state index contributed by atoms with van der Waals surface area (Å²) in [5.41, 5.74) is 3.40. The first-order chi connectivity index (χ1) is 16.6. The number of nitrogens with zero attached hydrogens (tertiary/aromatic N) is 2. The molecule has 180 valence electrons. The van der Waals surface area contributed by atoms with Gasteiger partial charge in [0.05, 0.1) is 18.8 Å². The Morgan fingerprint density at radius 3 is 2.74 bits per heavy atom. The molecule has 8 nitrogen and oxygen atoms in total. The number of nitrogens with one attached hydrogen (secondary N) is 2. The molecule has 3 N–H and O–H groups in total. The normalized spacial score (nSPS) is 20.1. The van der Waals surface area contributed by atoms with E-state index in [-0.39, 0.29) is 24.8 Å². The summed E-state index contributed by atoms with van der Waals surface area (Å²) < 4.78 is 14.7. The lowest BCUT2D eigenvalue weighted by atomic mass is 10.0. The van der Waals surface area contributed by atoms with Crippen LogP contribution in [0.4, 0.5) is 10.5 Å². The van der Waals surface area contributed by atoms with Crippen LogP contribution in [0.15, 0.2) is 66.1 Å². The van der Waals surface area contributed by atoms with Gasteiger partial charge in [-0.05, 0) is 30.2 Å². The van der Waals surface area contributed by atoms with Crippen LogP contribution in [0.3, 0.4) is 0 Å². The van der Waals surface area contributed by atoms with E-state index in [1.54, 1.807) is 18.0 Å². The number of urea groups is 1. The Labute approximate surface area is 203 Å². The van der Waals surface area contributed by atoms with Gasteiger partial charge in [-0.3, -0.25) is 0 Å². The number of carbonyl (C=O) groups is 1. The fourth-order valence-corrected chi connectivity index (χ4v) is 4.73. The van der Waals surface area contributed by atoms with Crippen molar-refractivity contribution in [2.45, 2.75) is 43.6 Å². The second kappa shape index (κ2) is 11.5. The molecule has 0 saturated carbocycles. The molecular formula is C25H30N4O4S. The molecule has 2 aromatic carbocycles. The van der Waals surface area contributed by atoms with E-state index < -0.39 is 6.29 Å². The van der Waals surface area contributed by atoms with E-state index in [1.165, 1.54) is 0 Å². The van der Waals surface area contributed by atoms with E-state index in [0.717, 1.165) is 27.6 Å². The molecule has 1 fully saturated rings. The number of aryl methyl sites for hydroxylation is 1. The molecule has 0 bridgehead atoms. The van der Waals surface area contributed by atoms with Crippen LogP contribution in [0.2, 0.25) is 0 Å². The summed E-state index contributed by atoms with van der Waals surface area (Å²) in [5.74, 6) is 0.729. The number of amides is 2. The number of aromatic nitrogens is 2. The van der Waals surface area contributed by atoms with Crippen molar-refractivity contribution in [2.75, 3.05) is 17.6 Å². The molecule has 1 saturated heterocycles. The van der Waals surface area contributed by atoms with Crippen molar-refractivity contribution >= 4 is 23.5 Å². The Kier molecular flexibility index (Phi) is 8.23. The topological polar surface area (TPSA) is 97.6 Å². The zero-order chi connectivity index (χ0) is 23.9. The third-order valence-electron chi connectivity index (χ3n) is 5.54. The average molecular weight is 483 g/mol. The number of aliphatic hydroxyl groups is 1. The third kappa shape index (κ3) is 6.18. The highest BCUT2D eigenvalue weighted by molar-refractivity contribution is 7.99. The molecule has 34 heavy (non-hydrogen) atoms. The number of thioether (sulfide) groups is 1. The smallest absolute Gasteiger partial charge is 0.319 e. The van der Waals surface area contributed by atoms with E-state index in [2.05, 4.69) is 15.6 Å². The zero-order valence-electron chi connectivity index (χ0n) is 19.3. The van der Waals surface area contributed by atoms with Crippen LogP contribution in [0.5, 0.6) is 0 Å². The summed E-state index contributed by atoms with van der Waals surface area (Å²) >= 11 is 1.65. The molecule has 9 heteroatoms. The molecule has 4 rings (SSSR count). The van der Waals surface area contributed by atoms with Gasteiger partial charge in [-0.15, -0.1) is 0 Å². The first-order valence-electron chi connectivity index (χ1n) is 11.3. The lowest BCUT2D eigenvalue weighted by molar-refractivity contribution is -0.245. The highest BCUT2D eigenvalue weighted by atomic mass is 32.2. The highest BCUT2D eigenvalue weighted by Gasteiger charge is 2.32. The molecule has 0 unspecified atom stereocenters. The maximum absolute atomic E-state index is 12.0. The van der Waals surface area contributed by atoms with Crippen LogP contribution in [-0.4, -0.2) is 39.1 Å². The highest BCUT2D eigenvalue weighted by Crippen LogP contribution is 2.39. The standard InChI is InChI=1S/C25H30N4O4S/c1-3-26-24(31)28-20-6-4-5-19(13-20)23-32-21(16-34-25-27-11-12-29(25)2)14-22(33-23)18-9-7-17(15-30)8-10-18/h4-13,21-23,30H,3,14-16H2,1-2H3,(H2,26,28,31)/t21-,22+,23+/m1/s1. The second-order valence-electron chi connectivity index (χ2n) is 8.09. The average Bonchev–Trinajstić information content (AvgIpc) is 3.27. The van der Waals surface area contributed by atoms with Gasteiger partial charge in [0.1, 0.15) is 0 Å². The van der Waals surface area contributed by atoms with Crippen molar-refractivity contribution in [2.24, 2.45) is 7.05 Å².